The highest BCUT2D eigenvalue weighted by Gasteiger charge is 2.32. The third-order valence-corrected chi connectivity index (χ3v) is 7.69. The number of carboxylic acid groups (broad SMARTS) is 2. The van der Waals surface area contributed by atoms with Crippen LogP contribution >= 0.6 is 0 Å². The molecule has 2 aromatic rings. The first-order valence-corrected chi connectivity index (χ1v) is 17.7. The first kappa shape index (κ1) is 47.8. The number of amides is 5. The zero-order chi connectivity index (χ0) is 42.7. The number of carbonyl (C=O) groups is 7. The van der Waals surface area contributed by atoms with Crippen molar-refractivity contribution in [3.63, 3.8) is 0 Å². The average Bonchev–Trinajstić information content (AvgIpc) is 3.07. The van der Waals surface area contributed by atoms with E-state index in [2.05, 4.69) is 31.6 Å². The molecule has 0 bridgehead atoms. The van der Waals surface area contributed by atoms with Crippen LogP contribution < -0.4 is 43.7 Å². The molecule has 0 saturated carbocycles. The maximum Gasteiger partial charge on any atom is 0.408 e. The second-order valence-electron chi connectivity index (χ2n) is 13.8. The summed E-state index contributed by atoms with van der Waals surface area (Å²) in [5, 5.41) is 29.9. The molecular weight excluding hydrogens is 736 g/mol. The molecule has 1 heterocycles. The molecule has 1 aromatic heterocycles. The number of hydrogen-bond acceptors (Lipinski definition) is 11. The lowest BCUT2D eigenvalue weighted by molar-refractivity contribution is -0.138. The Morgan fingerprint density at radius 3 is 2.12 bits per heavy atom. The first-order valence-electron chi connectivity index (χ1n) is 17.7. The first-order chi connectivity index (χ1) is 26.0. The van der Waals surface area contributed by atoms with E-state index in [0.29, 0.717) is 17.4 Å². The zero-order valence-corrected chi connectivity index (χ0v) is 32.6. The van der Waals surface area contributed by atoms with Gasteiger partial charge in [0, 0.05) is 43.1 Å². The molecular formula is C36H54N8O12. The van der Waals surface area contributed by atoms with Gasteiger partial charge in [0.15, 0.2) is 5.96 Å². The number of anilines is 1. The van der Waals surface area contributed by atoms with Crippen LogP contribution in [0.4, 0.5) is 10.5 Å². The second kappa shape index (κ2) is 22.9. The number of fused-ring (bicyclic) bond motifs is 1. The van der Waals surface area contributed by atoms with E-state index in [4.69, 9.17) is 30.5 Å². The average molecular weight is 791 g/mol. The van der Waals surface area contributed by atoms with E-state index in [1.54, 1.807) is 53.7 Å². The van der Waals surface area contributed by atoms with Crippen molar-refractivity contribution in [2.75, 3.05) is 18.4 Å². The summed E-state index contributed by atoms with van der Waals surface area (Å²) in [5.74, 6) is -5.63. The molecule has 0 fully saturated rings. The van der Waals surface area contributed by atoms with Crippen LogP contribution in [0.1, 0.15) is 79.2 Å². The molecule has 0 saturated heterocycles. The molecule has 1 aromatic carbocycles. The number of guanidine groups is 1. The number of alkyl carbamates (subject to hydrolysis) is 1. The predicted molar refractivity (Wildman–Crippen MR) is 205 cm³/mol. The Morgan fingerprint density at radius 2 is 1.55 bits per heavy atom. The van der Waals surface area contributed by atoms with Gasteiger partial charge in [-0.15, -0.1) is 0 Å². The third-order valence-electron chi connectivity index (χ3n) is 7.69. The van der Waals surface area contributed by atoms with Gasteiger partial charge in [0.25, 0.3) is 5.97 Å². The number of nitrogens with one attached hydrogen (secondary N) is 5. The maximum atomic E-state index is 13.3. The van der Waals surface area contributed by atoms with E-state index in [0.717, 1.165) is 6.92 Å². The van der Waals surface area contributed by atoms with Crippen molar-refractivity contribution in [1.82, 2.24) is 21.3 Å². The standard InChI is InChI=1S/C34H50N8O10.C2H4O2/c1-7-18(2)28(42-33(50)52-34(4,5)6)31(49)41-23(12-13-26(44)45)29(47)38-17-25(43)40-22(9-8-14-37-32(35)36)30(48)39-20-10-11-21-19(3)15-27(46)51-24(21)16-20;1-2(3)4/h10-11,15-16,18,22-23,28H,7-9,12-14,17H2,1-6H3,(H,38,47)(H,39,48)(H,40,43)(H,41,49)(H,42,50)(H,44,45)(H4,35,36,37);1H3,(H,3,4)/t18-,22-,23-,28-;/m0./s1. The summed E-state index contributed by atoms with van der Waals surface area (Å²) in [7, 11) is 0. The van der Waals surface area contributed by atoms with E-state index in [1.807, 2.05) is 0 Å². The van der Waals surface area contributed by atoms with Crippen LogP contribution in [-0.4, -0.2) is 94.6 Å². The van der Waals surface area contributed by atoms with Crippen LogP contribution in [0, 0.1) is 12.8 Å². The lowest BCUT2D eigenvalue weighted by Crippen LogP contribution is -2.57. The fourth-order valence-corrected chi connectivity index (χ4v) is 4.87. The summed E-state index contributed by atoms with van der Waals surface area (Å²) in [6.45, 7) is 10.8. The molecule has 11 N–H and O–H groups in total. The number of aliphatic imine (C=N–C) groups is 1. The Morgan fingerprint density at radius 1 is 0.929 bits per heavy atom. The van der Waals surface area contributed by atoms with Crippen LogP contribution in [0.15, 0.2) is 38.5 Å². The van der Waals surface area contributed by atoms with E-state index in [1.165, 1.54) is 12.1 Å². The monoisotopic (exact) mass is 790 g/mol. The fraction of sp³-hybridized carbons (Fsp3) is 0.528. The van der Waals surface area contributed by atoms with Crippen molar-refractivity contribution in [2.45, 2.75) is 104 Å². The molecule has 0 radical (unpaired) electrons. The number of aliphatic carboxylic acids is 2. The summed E-state index contributed by atoms with van der Waals surface area (Å²) >= 11 is 0. The van der Waals surface area contributed by atoms with E-state index < -0.39 is 89.9 Å². The van der Waals surface area contributed by atoms with Crippen molar-refractivity contribution in [1.29, 1.82) is 0 Å². The second-order valence-corrected chi connectivity index (χ2v) is 13.8. The smallest absolute Gasteiger partial charge is 0.408 e. The Balaban J connectivity index is 0.00000373. The van der Waals surface area contributed by atoms with Gasteiger partial charge in [-0.2, -0.15) is 0 Å². The number of nitrogens with two attached hydrogens (primary N) is 2. The van der Waals surface area contributed by atoms with Gasteiger partial charge >= 0.3 is 17.7 Å². The van der Waals surface area contributed by atoms with Gasteiger partial charge in [0.05, 0.1) is 6.54 Å². The molecule has 0 spiro atoms. The molecule has 310 valence electrons. The molecule has 56 heavy (non-hydrogen) atoms. The fourth-order valence-electron chi connectivity index (χ4n) is 4.87. The number of carbonyl (C=O) groups excluding carboxylic acids is 5. The van der Waals surface area contributed by atoms with Crippen LogP contribution in [0.25, 0.3) is 11.0 Å². The summed E-state index contributed by atoms with van der Waals surface area (Å²) in [4.78, 5) is 101. The highest BCUT2D eigenvalue weighted by Crippen LogP contribution is 2.21. The number of ether oxygens (including phenoxy) is 1. The minimum Gasteiger partial charge on any atom is -0.481 e. The Kier molecular flexibility index (Phi) is 19.5. The molecule has 2 rings (SSSR count). The van der Waals surface area contributed by atoms with Gasteiger partial charge in [-0.25, -0.2) is 9.59 Å². The zero-order valence-electron chi connectivity index (χ0n) is 32.6. The number of nitrogens with zero attached hydrogens (tertiary/aromatic N) is 1. The summed E-state index contributed by atoms with van der Waals surface area (Å²) < 4.78 is 10.5. The Hall–Kier alpha value is -6.21. The molecule has 20 nitrogen and oxygen atoms in total. The topological polar surface area (TPSA) is 324 Å². The van der Waals surface area contributed by atoms with Crippen molar-refractivity contribution < 1.29 is 52.9 Å². The van der Waals surface area contributed by atoms with E-state index >= 15 is 0 Å². The quantitative estimate of drug-likeness (QED) is 0.0442. The van der Waals surface area contributed by atoms with Gasteiger partial charge in [-0.3, -0.25) is 33.8 Å². The highest BCUT2D eigenvalue weighted by atomic mass is 16.6. The van der Waals surface area contributed by atoms with Crippen LogP contribution in [0.3, 0.4) is 0 Å². The van der Waals surface area contributed by atoms with Crippen LogP contribution in [-0.2, 0) is 33.5 Å². The molecule has 0 aliphatic rings. The molecule has 4 atom stereocenters. The van der Waals surface area contributed by atoms with E-state index in [-0.39, 0.29) is 43.0 Å². The number of rotatable bonds is 18. The van der Waals surface area contributed by atoms with Gasteiger partial charge in [0.1, 0.15) is 29.3 Å². The number of hydrogen-bond donors (Lipinski definition) is 9. The SMILES string of the molecule is CC(=O)O.CC[C@H](C)[C@H](NC(=O)OC(C)(C)C)C(=O)N[C@@H](CCC(=O)O)C(=O)NCC(=O)N[C@@H](CCCN=C(N)N)C(=O)Nc1ccc2c(C)cc(=O)oc2c1. The minimum atomic E-state index is -1.39. The third kappa shape index (κ3) is 18.7. The minimum absolute atomic E-state index is 0.0863. The molecule has 0 aliphatic carbocycles. The normalized spacial score (nSPS) is 12.9. The summed E-state index contributed by atoms with van der Waals surface area (Å²) in [5.41, 5.74) is 10.6. The van der Waals surface area contributed by atoms with Crippen LogP contribution in [0.5, 0.6) is 0 Å². The van der Waals surface area contributed by atoms with Gasteiger partial charge in [0.2, 0.25) is 23.6 Å². The Labute approximate surface area is 323 Å². The summed E-state index contributed by atoms with van der Waals surface area (Å²) in [6.07, 6.45) is -0.827. The maximum absolute atomic E-state index is 13.3. The number of aryl methyl sites for hydroxylation is 1. The van der Waals surface area contributed by atoms with Crippen molar-refractivity contribution >= 4 is 64.3 Å². The summed E-state index contributed by atoms with van der Waals surface area (Å²) in [6, 6.07) is 2.45. The lowest BCUT2D eigenvalue weighted by Gasteiger charge is -2.28. The predicted octanol–water partition coefficient (Wildman–Crippen LogP) is 1.07. The van der Waals surface area contributed by atoms with E-state index in [9.17, 15) is 38.7 Å². The lowest BCUT2D eigenvalue weighted by atomic mass is 9.97. The molecule has 0 aliphatic heterocycles. The van der Waals surface area contributed by atoms with Gasteiger partial charge < -0.3 is 57.4 Å². The highest BCUT2D eigenvalue weighted by molar-refractivity contribution is 5.99. The molecule has 5 amide bonds. The molecule has 20 heteroatoms. The van der Waals surface area contributed by atoms with Crippen molar-refractivity contribution in [2.24, 2.45) is 22.4 Å². The van der Waals surface area contributed by atoms with Gasteiger partial charge in [-0.1, -0.05) is 20.3 Å². The van der Waals surface area contributed by atoms with Crippen LogP contribution in [0.2, 0.25) is 0 Å². The Bertz CT molecular complexity index is 1800. The van der Waals surface area contributed by atoms with Crippen molar-refractivity contribution in [3.8, 4) is 0 Å². The number of benzene rings is 1. The largest absolute Gasteiger partial charge is 0.481 e. The van der Waals surface area contributed by atoms with Crippen molar-refractivity contribution in [3.05, 3.63) is 40.2 Å². The van der Waals surface area contributed by atoms with Gasteiger partial charge in [-0.05, 0) is 70.6 Å². The molecule has 0 unspecified atom stereocenters. The number of carboxylic acids is 2.